The van der Waals surface area contributed by atoms with Gasteiger partial charge >= 0.3 is 0 Å². The van der Waals surface area contributed by atoms with E-state index in [1.807, 2.05) is 25.1 Å². The van der Waals surface area contributed by atoms with Gasteiger partial charge in [0.1, 0.15) is 5.75 Å². The minimum absolute atomic E-state index is 0.643. The second-order valence-corrected chi connectivity index (χ2v) is 3.18. The van der Waals surface area contributed by atoms with Gasteiger partial charge in [-0.2, -0.15) is 0 Å². The lowest BCUT2D eigenvalue weighted by Gasteiger charge is -2.03. The minimum atomic E-state index is 0.643. The average molecular weight is 198 g/mol. The Bertz CT molecular complexity index is 330. The van der Waals surface area contributed by atoms with Crippen molar-refractivity contribution in [1.82, 2.24) is 0 Å². The van der Waals surface area contributed by atoms with Gasteiger partial charge in [0.25, 0.3) is 0 Å². The molecule has 1 aromatic rings. The molecule has 0 aliphatic heterocycles. The summed E-state index contributed by atoms with van der Waals surface area (Å²) in [6, 6.07) is 5.48. The third-order valence-electron chi connectivity index (χ3n) is 1.59. The summed E-state index contributed by atoms with van der Waals surface area (Å²) < 4.78 is 5.02. The Morgan fingerprint density at radius 3 is 2.69 bits per heavy atom. The second kappa shape index (κ2) is 4.19. The highest BCUT2D eigenvalue weighted by Gasteiger charge is 1.98. The topological polar surface area (TPSA) is 35.2 Å². The Morgan fingerprint density at radius 1 is 1.54 bits per heavy atom. The van der Waals surface area contributed by atoms with Crippen LogP contribution in [0.1, 0.15) is 12.5 Å². The van der Waals surface area contributed by atoms with Crippen molar-refractivity contribution in [2.45, 2.75) is 6.92 Å². The average Bonchev–Trinajstić information content (AvgIpc) is 2.08. The molecule has 13 heavy (non-hydrogen) atoms. The molecule has 0 spiro atoms. The third-order valence-corrected chi connectivity index (χ3v) is 1.92. The molecule has 0 atom stereocenters. The van der Waals surface area contributed by atoms with Crippen LogP contribution < -0.4 is 10.5 Å². The summed E-state index contributed by atoms with van der Waals surface area (Å²) in [5, 5.41) is 0.643. The maximum absolute atomic E-state index is 5.97. The third kappa shape index (κ3) is 2.67. The normalized spacial score (nSPS) is 11.5. The van der Waals surface area contributed by atoms with Gasteiger partial charge < -0.3 is 10.5 Å². The molecule has 0 fully saturated rings. The van der Waals surface area contributed by atoms with Crippen LogP contribution in [0.4, 0.5) is 0 Å². The number of methoxy groups -OCH3 is 1. The molecule has 0 saturated heterocycles. The van der Waals surface area contributed by atoms with E-state index in [0.29, 0.717) is 5.02 Å². The van der Waals surface area contributed by atoms with E-state index < -0.39 is 0 Å². The largest absolute Gasteiger partial charge is 0.497 e. The van der Waals surface area contributed by atoms with Gasteiger partial charge in [0.2, 0.25) is 0 Å². The van der Waals surface area contributed by atoms with Gasteiger partial charge in [0, 0.05) is 5.70 Å². The quantitative estimate of drug-likeness (QED) is 0.791. The number of hydrogen-bond donors (Lipinski definition) is 1. The van der Waals surface area contributed by atoms with Crippen molar-refractivity contribution in [1.29, 1.82) is 0 Å². The maximum atomic E-state index is 5.97. The summed E-state index contributed by atoms with van der Waals surface area (Å²) in [6.45, 7) is 1.82. The van der Waals surface area contributed by atoms with Gasteiger partial charge in [-0.25, -0.2) is 0 Å². The number of halogens is 1. The van der Waals surface area contributed by atoms with E-state index >= 15 is 0 Å². The maximum Gasteiger partial charge on any atom is 0.120 e. The molecular formula is C10H12ClNO. The number of benzene rings is 1. The number of rotatable bonds is 2. The van der Waals surface area contributed by atoms with Gasteiger partial charge in [-0.1, -0.05) is 11.6 Å². The first kappa shape index (κ1) is 9.93. The van der Waals surface area contributed by atoms with Crippen molar-refractivity contribution in [2.75, 3.05) is 7.11 Å². The minimum Gasteiger partial charge on any atom is -0.497 e. The van der Waals surface area contributed by atoms with Crippen molar-refractivity contribution in [3.63, 3.8) is 0 Å². The van der Waals surface area contributed by atoms with Gasteiger partial charge in [-0.15, -0.1) is 0 Å². The molecule has 0 saturated carbocycles. The highest BCUT2D eigenvalue weighted by Crippen LogP contribution is 2.23. The Hall–Kier alpha value is -1.15. The van der Waals surface area contributed by atoms with E-state index in [-0.39, 0.29) is 0 Å². The van der Waals surface area contributed by atoms with Crippen LogP contribution in [0.15, 0.2) is 23.9 Å². The summed E-state index contributed by atoms with van der Waals surface area (Å²) in [5.74, 6) is 0.747. The monoisotopic (exact) mass is 197 g/mol. The number of nitrogens with two attached hydrogens (primary N) is 1. The van der Waals surface area contributed by atoms with Crippen LogP contribution in [-0.2, 0) is 0 Å². The summed E-state index contributed by atoms with van der Waals surface area (Å²) in [5.41, 5.74) is 7.17. The molecule has 0 aliphatic rings. The molecule has 0 aliphatic carbocycles. The molecule has 3 heteroatoms. The number of allylic oxidation sites excluding steroid dienone is 1. The van der Waals surface area contributed by atoms with E-state index in [9.17, 15) is 0 Å². The van der Waals surface area contributed by atoms with Crippen molar-refractivity contribution in [3.05, 3.63) is 34.5 Å². The molecule has 0 aromatic heterocycles. The molecule has 2 nitrogen and oxygen atoms in total. The zero-order valence-corrected chi connectivity index (χ0v) is 8.43. The van der Waals surface area contributed by atoms with E-state index in [4.69, 9.17) is 22.1 Å². The highest BCUT2D eigenvalue weighted by molar-refractivity contribution is 6.32. The van der Waals surface area contributed by atoms with Crippen LogP contribution in [-0.4, -0.2) is 7.11 Å². The first-order valence-electron chi connectivity index (χ1n) is 3.91. The van der Waals surface area contributed by atoms with Gasteiger partial charge in [0.05, 0.1) is 12.1 Å². The standard InChI is InChI=1S/C10H12ClNO/c1-7(12)5-8-3-4-9(13-2)6-10(8)11/h3-6H,12H2,1-2H3/b7-5+. The Labute approximate surface area is 83.0 Å². The van der Waals surface area contributed by atoms with E-state index in [1.165, 1.54) is 0 Å². The molecule has 0 unspecified atom stereocenters. The van der Waals surface area contributed by atoms with Gasteiger partial charge in [-0.05, 0) is 36.8 Å². The zero-order valence-electron chi connectivity index (χ0n) is 7.67. The summed E-state index contributed by atoms with van der Waals surface area (Å²) in [6.07, 6.45) is 1.82. The van der Waals surface area contributed by atoms with Crippen molar-refractivity contribution < 1.29 is 4.74 Å². The fraction of sp³-hybridized carbons (Fsp3) is 0.200. The number of ether oxygens (including phenoxy) is 1. The summed E-state index contributed by atoms with van der Waals surface area (Å²) in [7, 11) is 1.61. The predicted octanol–water partition coefficient (Wildman–Crippen LogP) is 2.67. The van der Waals surface area contributed by atoms with Crippen LogP contribution in [0.3, 0.4) is 0 Å². The van der Waals surface area contributed by atoms with Crippen LogP contribution in [0.2, 0.25) is 5.02 Å². The Balaban J connectivity index is 3.05. The van der Waals surface area contributed by atoms with E-state index in [0.717, 1.165) is 17.0 Å². The molecule has 1 aromatic carbocycles. The summed E-state index contributed by atoms with van der Waals surface area (Å²) >= 11 is 5.97. The predicted molar refractivity (Wildman–Crippen MR) is 55.8 cm³/mol. The number of hydrogen-bond acceptors (Lipinski definition) is 2. The van der Waals surface area contributed by atoms with Crippen molar-refractivity contribution in [2.24, 2.45) is 5.73 Å². The first-order valence-corrected chi connectivity index (χ1v) is 4.28. The van der Waals surface area contributed by atoms with Crippen LogP contribution >= 0.6 is 11.6 Å². The molecular weight excluding hydrogens is 186 g/mol. The molecule has 0 bridgehead atoms. The van der Waals surface area contributed by atoms with Crippen LogP contribution in [0, 0.1) is 0 Å². The lowest BCUT2D eigenvalue weighted by Crippen LogP contribution is -1.90. The smallest absolute Gasteiger partial charge is 0.120 e. The fourth-order valence-electron chi connectivity index (χ4n) is 0.997. The first-order chi connectivity index (χ1) is 6.13. The molecule has 0 heterocycles. The molecule has 0 amide bonds. The SMILES string of the molecule is COc1ccc(/C=C(\C)N)c(Cl)c1. The lowest BCUT2D eigenvalue weighted by molar-refractivity contribution is 0.415. The van der Waals surface area contributed by atoms with Crippen LogP contribution in [0.25, 0.3) is 6.08 Å². The van der Waals surface area contributed by atoms with Gasteiger partial charge in [0.15, 0.2) is 0 Å². The summed E-state index contributed by atoms with van der Waals surface area (Å²) in [4.78, 5) is 0. The Kier molecular flexibility index (Phi) is 3.20. The van der Waals surface area contributed by atoms with Crippen molar-refractivity contribution in [3.8, 4) is 5.75 Å². The van der Waals surface area contributed by atoms with E-state index in [1.54, 1.807) is 13.2 Å². The molecule has 70 valence electrons. The Morgan fingerprint density at radius 2 is 2.23 bits per heavy atom. The lowest BCUT2D eigenvalue weighted by atomic mass is 10.2. The van der Waals surface area contributed by atoms with E-state index in [2.05, 4.69) is 0 Å². The molecule has 0 radical (unpaired) electrons. The van der Waals surface area contributed by atoms with Crippen molar-refractivity contribution >= 4 is 17.7 Å². The van der Waals surface area contributed by atoms with Gasteiger partial charge in [-0.3, -0.25) is 0 Å². The molecule has 1 rings (SSSR count). The van der Waals surface area contributed by atoms with Crippen LogP contribution in [0.5, 0.6) is 5.75 Å². The zero-order chi connectivity index (χ0) is 9.84. The molecule has 2 N–H and O–H groups in total. The highest BCUT2D eigenvalue weighted by atomic mass is 35.5. The second-order valence-electron chi connectivity index (χ2n) is 2.78. The fourth-order valence-corrected chi connectivity index (χ4v) is 1.22.